The predicted molar refractivity (Wildman–Crippen MR) is 87.7 cm³/mol. The number of ether oxygens (including phenoxy) is 1. The molecular weight excluding hydrogens is 323 g/mol. The number of nitrogens with zero attached hydrogens (tertiary/aromatic N) is 1. The Morgan fingerprint density at radius 1 is 1.32 bits per heavy atom. The molecule has 120 valence electrons. The zero-order valence-corrected chi connectivity index (χ0v) is 14.0. The summed E-state index contributed by atoms with van der Waals surface area (Å²) in [5.74, 6) is 0.379. The molecule has 0 spiro atoms. The van der Waals surface area contributed by atoms with Gasteiger partial charge in [0.2, 0.25) is 0 Å². The molecule has 0 aliphatic carbocycles. The highest BCUT2D eigenvalue weighted by Gasteiger charge is 2.38. The normalized spacial score (nSPS) is 27.7. The van der Waals surface area contributed by atoms with Crippen molar-refractivity contribution in [2.45, 2.75) is 43.8 Å². The van der Waals surface area contributed by atoms with Crippen LogP contribution in [-0.2, 0) is 4.79 Å². The smallest absolute Gasteiger partial charge is 0.258 e. The van der Waals surface area contributed by atoms with Gasteiger partial charge in [-0.05, 0) is 50.9 Å². The number of hydrogen-bond acceptors (Lipinski definition) is 3. The molecule has 4 nitrogen and oxygen atoms in total. The summed E-state index contributed by atoms with van der Waals surface area (Å²) in [5.41, 5.74) is 0. The number of piperidine rings is 1. The minimum atomic E-state index is -0.0973. The number of benzene rings is 1. The van der Waals surface area contributed by atoms with Crippen molar-refractivity contribution in [2.24, 2.45) is 0 Å². The third-order valence-corrected chi connectivity index (χ3v) is 5.25. The summed E-state index contributed by atoms with van der Waals surface area (Å²) < 4.78 is 5.47. The number of halogens is 2. The Labute approximate surface area is 140 Å². The van der Waals surface area contributed by atoms with E-state index in [0.29, 0.717) is 27.9 Å². The fraction of sp³-hybridized carbons (Fsp3) is 0.562. The summed E-state index contributed by atoms with van der Waals surface area (Å²) in [6.45, 7) is -0.0248. The van der Waals surface area contributed by atoms with Crippen molar-refractivity contribution < 1.29 is 9.53 Å². The molecule has 1 N–H and O–H groups in total. The fourth-order valence-electron chi connectivity index (χ4n) is 3.53. The second kappa shape index (κ2) is 6.65. The number of nitrogens with one attached hydrogen (secondary N) is 1. The highest BCUT2D eigenvalue weighted by atomic mass is 35.5. The molecule has 0 radical (unpaired) electrons. The molecule has 0 aromatic heterocycles. The fourth-order valence-corrected chi connectivity index (χ4v) is 4.00. The van der Waals surface area contributed by atoms with Crippen LogP contribution in [0.5, 0.6) is 5.75 Å². The first-order valence-corrected chi connectivity index (χ1v) is 8.37. The van der Waals surface area contributed by atoms with E-state index in [1.807, 2.05) is 0 Å². The van der Waals surface area contributed by atoms with Crippen LogP contribution in [0.25, 0.3) is 0 Å². The summed E-state index contributed by atoms with van der Waals surface area (Å²) >= 11 is 11.9. The van der Waals surface area contributed by atoms with E-state index in [1.54, 1.807) is 18.2 Å². The Morgan fingerprint density at radius 3 is 2.64 bits per heavy atom. The molecule has 1 amide bonds. The number of fused-ring (bicyclic) bond motifs is 2. The van der Waals surface area contributed by atoms with E-state index >= 15 is 0 Å². The molecule has 2 fully saturated rings. The van der Waals surface area contributed by atoms with Crippen LogP contribution in [0.4, 0.5) is 0 Å². The van der Waals surface area contributed by atoms with Crippen LogP contribution < -0.4 is 10.1 Å². The first-order valence-electron chi connectivity index (χ1n) is 7.62. The maximum atomic E-state index is 12.1. The average molecular weight is 343 g/mol. The van der Waals surface area contributed by atoms with E-state index < -0.39 is 0 Å². The lowest BCUT2D eigenvalue weighted by molar-refractivity contribution is -0.124. The van der Waals surface area contributed by atoms with Crippen LogP contribution in [0.1, 0.15) is 25.7 Å². The number of rotatable bonds is 4. The van der Waals surface area contributed by atoms with Crippen molar-refractivity contribution in [3.8, 4) is 5.75 Å². The monoisotopic (exact) mass is 342 g/mol. The first-order chi connectivity index (χ1) is 10.5. The van der Waals surface area contributed by atoms with Crippen LogP contribution in [-0.4, -0.2) is 42.6 Å². The van der Waals surface area contributed by atoms with Gasteiger partial charge in [0.05, 0.1) is 5.02 Å². The maximum Gasteiger partial charge on any atom is 0.258 e. The van der Waals surface area contributed by atoms with Crippen LogP contribution in [0.2, 0.25) is 10.0 Å². The van der Waals surface area contributed by atoms with Gasteiger partial charge in [0.15, 0.2) is 6.61 Å². The van der Waals surface area contributed by atoms with Gasteiger partial charge in [-0.2, -0.15) is 0 Å². The predicted octanol–water partition coefficient (Wildman–Crippen LogP) is 3.11. The van der Waals surface area contributed by atoms with E-state index in [4.69, 9.17) is 27.9 Å². The van der Waals surface area contributed by atoms with Crippen molar-refractivity contribution in [1.29, 1.82) is 0 Å². The summed E-state index contributed by atoms with van der Waals surface area (Å²) in [7, 11) is 2.19. The van der Waals surface area contributed by atoms with Gasteiger partial charge < -0.3 is 15.0 Å². The summed E-state index contributed by atoms with van der Waals surface area (Å²) in [6, 6.07) is 6.44. The lowest BCUT2D eigenvalue weighted by Gasteiger charge is -2.36. The van der Waals surface area contributed by atoms with Crippen LogP contribution in [0, 0.1) is 0 Å². The molecule has 22 heavy (non-hydrogen) atoms. The van der Waals surface area contributed by atoms with Gasteiger partial charge in [0.25, 0.3) is 5.91 Å². The van der Waals surface area contributed by atoms with E-state index in [2.05, 4.69) is 17.3 Å². The summed E-state index contributed by atoms with van der Waals surface area (Å²) in [6.07, 6.45) is 4.54. The number of carbonyl (C=O) groups excluding carboxylic acids is 1. The second-order valence-electron chi connectivity index (χ2n) is 6.15. The molecule has 3 rings (SSSR count). The molecule has 2 atom stereocenters. The Kier molecular flexibility index (Phi) is 4.81. The molecule has 2 heterocycles. The number of hydrogen-bond donors (Lipinski definition) is 1. The SMILES string of the molecule is CN1[C@@H]2CC[C@@H]1CC(NC(=O)COc1ccc(Cl)cc1Cl)C2. The molecule has 0 unspecified atom stereocenters. The first kappa shape index (κ1) is 15.9. The van der Waals surface area contributed by atoms with Gasteiger partial charge >= 0.3 is 0 Å². The lowest BCUT2D eigenvalue weighted by atomic mass is 9.98. The maximum absolute atomic E-state index is 12.1. The van der Waals surface area contributed by atoms with Gasteiger partial charge in [-0.15, -0.1) is 0 Å². The third-order valence-electron chi connectivity index (χ3n) is 4.72. The molecule has 1 aromatic carbocycles. The molecule has 2 bridgehead atoms. The van der Waals surface area contributed by atoms with Crippen molar-refractivity contribution in [3.05, 3.63) is 28.2 Å². The van der Waals surface area contributed by atoms with E-state index in [1.165, 1.54) is 12.8 Å². The van der Waals surface area contributed by atoms with E-state index in [0.717, 1.165) is 12.8 Å². The van der Waals surface area contributed by atoms with E-state index in [-0.39, 0.29) is 18.6 Å². The molecule has 1 aromatic rings. The standard InChI is InChI=1S/C16H20Cl2N2O2/c1-20-12-3-4-13(20)8-11(7-12)19-16(21)9-22-15-5-2-10(17)6-14(15)18/h2,5-6,11-13H,3-4,7-9H2,1H3,(H,19,21)/t12-,13-/m1/s1. The number of amides is 1. The van der Waals surface area contributed by atoms with Gasteiger partial charge in [-0.25, -0.2) is 0 Å². The Hall–Kier alpha value is -0.970. The van der Waals surface area contributed by atoms with Crippen molar-refractivity contribution in [3.63, 3.8) is 0 Å². The quantitative estimate of drug-likeness (QED) is 0.913. The van der Waals surface area contributed by atoms with Gasteiger partial charge in [0.1, 0.15) is 5.75 Å². The molecular formula is C16H20Cl2N2O2. The summed E-state index contributed by atoms with van der Waals surface area (Å²) in [5, 5.41) is 4.04. The second-order valence-corrected chi connectivity index (χ2v) is 6.99. The van der Waals surface area contributed by atoms with Crippen LogP contribution in [0.3, 0.4) is 0 Å². The van der Waals surface area contributed by atoms with Crippen molar-refractivity contribution in [2.75, 3.05) is 13.7 Å². The Bertz CT molecular complexity index is 553. The highest BCUT2D eigenvalue weighted by molar-refractivity contribution is 6.35. The van der Waals surface area contributed by atoms with Crippen LogP contribution >= 0.6 is 23.2 Å². The molecule has 2 saturated heterocycles. The van der Waals surface area contributed by atoms with Gasteiger partial charge in [-0.3, -0.25) is 4.79 Å². The zero-order chi connectivity index (χ0) is 15.7. The summed E-state index contributed by atoms with van der Waals surface area (Å²) in [4.78, 5) is 14.5. The minimum absolute atomic E-state index is 0.0248. The highest BCUT2D eigenvalue weighted by Crippen LogP contribution is 2.34. The van der Waals surface area contributed by atoms with E-state index in [9.17, 15) is 4.79 Å². The van der Waals surface area contributed by atoms with Crippen LogP contribution in [0.15, 0.2) is 18.2 Å². The number of carbonyl (C=O) groups is 1. The lowest BCUT2D eigenvalue weighted by Crippen LogP contribution is -2.49. The largest absolute Gasteiger partial charge is 0.482 e. The molecule has 6 heteroatoms. The Morgan fingerprint density at radius 2 is 2.00 bits per heavy atom. The topological polar surface area (TPSA) is 41.6 Å². The third kappa shape index (κ3) is 3.50. The van der Waals surface area contributed by atoms with Gasteiger partial charge in [0, 0.05) is 23.1 Å². The average Bonchev–Trinajstić information content (AvgIpc) is 2.69. The Balaban J connectivity index is 1.49. The minimum Gasteiger partial charge on any atom is -0.482 e. The van der Waals surface area contributed by atoms with Gasteiger partial charge in [-0.1, -0.05) is 23.2 Å². The molecule has 0 saturated carbocycles. The van der Waals surface area contributed by atoms with Crippen molar-refractivity contribution in [1.82, 2.24) is 10.2 Å². The van der Waals surface area contributed by atoms with Crippen molar-refractivity contribution >= 4 is 29.1 Å². The molecule has 2 aliphatic rings. The molecule has 2 aliphatic heterocycles. The zero-order valence-electron chi connectivity index (χ0n) is 12.5.